The molecule has 0 atom stereocenters. The van der Waals surface area contributed by atoms with Crippen LogP contribution in [0.15, 0.2) is 24.3 Å². The summed E-state index contributed by atoms with van der Waals surface area (Å²) >= 11 is 0. The van der Waals surface area contributed by atoms with E-state index in [0.29, 0.717) is 13.2 Å². The highest BCUT2D eigenvalue weighted by atomic mass is 19.1. The number of anilines is 1. The van der Waals surface area contributed by atoms with Gasteiger partial charge in [0, 0.05) is 25.4 Å². The summed E-state index contributed by atoms with van der Waals surface area (Å²) in [5.41, 5.74) is 6.58. The Hall–Kier alpha value is -1.13. The first kappa shape index (κ1) is 15.9. The Morgan fingerprint density at radius 2 is 1.84 bits per heavy atom. The molecule has 0 heterocycles. The van der Waals surface area contributed by atoms with E-state index in [-0.39, 0.29) is 5.82 Å². The summed E-state index contributed by atoms with van der Waals surface area (Å²) in [5.74, 6) is -0.207. The molecular weight excluding hydrogens is 243 g/mol. The Morgan fingerprint density at radius 1 is 1.11 bits per heavy atom. The topological polar surface area (TPSA) is 38.5 Å². The van der Waals surface area contributed by atoms with Crippen molar-refractivity contribution >= 4 is 5.69 Å². The van der Waals surface area contributed by atoms with Gasteiger partial charge in [-0.05, 0) is 43.7 Å². The van der Waals surface area contributed by atoms with Crippen molar-refractivity contribution in [1.82, 2.24) is 0 Å². The molecule has 0 aromatic heterocycles. The highest BCUT2D eigenvalue weighted by molar-refractivity contribution is 5.46. The van der Waals surface area contributed by atoms with E-state index in [0.717, 1.165) is 44.6 Å². The minimum atomic E-state index is -0.207. The minimum absolute atomic E-state index is 0.207. The molecule has 4 heteroatoms. The minimum Gasteiger partial charge on any atom is -0.380 e. The molecule has 108 valence electrons. The van der Waals surface area contributed by atoms with Crippen LogP contribution in [0.3, 0.4) is 0 Å². The van der Waals surface area contributed by atoms with Crippen molar-refractivity contribution in [2.45, 2.75) is 26.2 Å². The maximum atomic E-state index is 12.9. The molecule has 0 aliphatic heterocycles. The molecule has 0 radical (unpaired) electrons. The van der Waals surface area contributed by atoms with E-state index in [4.69, 9.17) is 10.5 Å². The largest absolute Gasteiger partial charge is 0.380 e. The van der Waals surface area contributed by atoms with Gasteiger partial charge in [-0.15, -0.1) is 0 Å². The lowest BCUT2D eigenvalue weighted by Crippen LogP contribution is -2.29. The lowest BCUT2D eigenvalue weighted by Gasteiger charge is -2.24. The molecule has 1 aromatic carbocycles. The fourth-order valence-electron chi connectivity index (χ4n) is 1.83. The molecule has 0 spiro atoms. The lowest BCUT2D eigenvalue weighted by molar-refractivity contribution is 0.137. The molecule has 0 unspecified atom stereocenters. The van der Waals surface area contributed by atoms with Crippen molar-refractivity contribution in [3.05, 3.63) is 30.1 Å². The quantitative estimate of drug-likeness (QED) is 0.663. The van der Waals surface area contributed by atoms with Crippen molar-refractivity contribution in [2.24, 2.45) is 5.73 Å². The third kappa shape index (κ3) is 6.55. The first-order chi connectivity index (χ1) is 9.27. The van der Waals surface area contributed by atoms with Gasteiger partial charge in [0.15, 0.2) is 0 Å². The van der Waals surface area contributed by atoms with Crippen molar-refractivity contribution in [3.63, 3.8) is 0 Å². The van der Waals surface area contributed by atoms with Gasteiger partial charge < -0.3 is 15.4 Å². The SMILES string of the molecule is CCCCOCCN(CCCN)c1ccc(F)cc1. The van der Waals surface area contributed by atoms with Crippen molar-refractivity contribution in [2.75, 3.05) is 37.7 Å². The van der Waals surface area contributed by atoms with Crippen LogP contribution in [0.5, 0.6) is 0 Å². The first-order valence-electron chi connectivity index (χ1n) is 7.06. The first-order valence-corrected chi connectivity index (χ1v) is 7.06. The van der Waals surface area contributed by atoms with E-state index in [9.17, 15) is 4.39 Å². The predicted molar refractivity (Wildman–Crippen MR) is 78.0 cm³/mol. The number of halogens is 1. The van der Waals surface area contributed by atoms with Crippen molar-refractivity contribution < 1.29 is 9.13 Å². The van der Waals surface area contributed by atoms with Gasteiger partial charge in [-0.2, -0.15) is 0 Å². The molecule has 0 saturated heterocycles. The van der Waals surface area contributed by atoms with E-state index in [2.05, 4.69) is 11.8 Å². The molecule has 1 rings (SSSR count). The van der Waals surface area contributed by atoms with Crippen molar-refractivity contribution in [3.8, 4) is 0 Å². The smallest absolute Gasteiger partial charge is 0.123 e. The van der Waals surface area contributed by atoms with Gasteiger partial charge in [-0.3, -0.25) is 0 Å². The Kier molecular flexibility index (Phi) is 8.18. The van der Waals surface area contributed by atoms with Crippen LogP contribution in [-0.2, 0) is 4.74 Å². The second kappa shape index (κ2) is 9.75. The summed E-state index contributed by atoms with van der Waals surface area (Å²) in [6.07, 6.45) is 3.17. The Morgan fingerprint density at radius 3 is 2.47 bits per heavy atom. The van der Waals surface area contributed by atoms with Gasteiger partial charge in [-0.25, -0.2) is 4.39 Å². The van der Waals surface area contributed by atoms with Crippen LogP contribution in [0.4, 0.5) is 10.1 Å². The van der Waals surface area contributed by atoms with Crippen LogP contribution in [0.25, 0.3) is 0 Å². The van der Waals surface area contributed by atoms with Crippen LogP contribution < -0.4 is 10.6 Å². The molecule has 0 amide bonds. The number of hydrogen-bond acceptors (Lipinski definition) is 3. The van der Waals surface area contributed by atoms with E-state index >= 15 is 0 Å². The van der Waals surface area contributed by atoms with Gasteiger partial charge >= 0.3 is 0 Å². The number of ether oxygens (including phenoxy) is 1. The fraction of sp³-hybridized carbons (Fsp3) is 0.600. The molecule has 0 saturated carbocycles. The molecule has 0 aliphatic rings. The molecule has 0 bridgehead atoms. The monoisotopic (exact) mass is 268 g/mol. The van der Waals surface area contributed by atoms with Gasteiger partial charge in [0.2, 0.25) is 0 Å². The van der Waals surface area contributed by atoms with Crippen LogP contribution in [0.1, 0.15) is 26.2 Å². The number of nitrogens with two attached hydrogens (primary N) is 1. The summed E-state index contributed by atoms with van der Waals surface area (Å²) in [7, 11) is 0. The van der Waals surface area contributed by atoms with Crippen LogP contribution in [0, 0.1) is 5.82 Å². The molecule has 2 N–H and O–H groups in total. The summed E-state index contributed by atoms with van der Waals surface area (Å²) in [5, 5.41) is 0. The second-order valence-corrected chi connectivity index (χ2v) is 4.57. The summed E-state index contributed by atoms with van der Waals surface area (Å²) in [4.78, 5) is 2.19. The fourth-order valence-corrected chi connectivity index (χ4v) is 1.83. The zero-order valence-corrected chi connectivity index (χ0v) is 11.8. The van der Waals surface area contributed by atoms with E-state index < -0.39 is 0 Å². The predicted octanol–water partition coefficient (Wildman–Crippen LogP) is 2.80. The molecular formula is C15H25FN2O. The maximum absolute atomic E-state index is 12.9. The normalized spacial score (nSPS) is 10.7. The average molecular weight is 268 g/mol. The second-order valence-electron chi connectivity index (χ2n) is 4.57. The van der Waals surface area contributed by atoms with Crippen molar-refractivity contribution in [1.29, 1.82) is 0 Å². The van der Waals surface area contributed by atoms with Gasteiger partial charge in [0.25, 0.3) is 0 Å². The number of benzene rings is 1. The Bertz CT molecular complexity index is 329. The van der Waals surface area contributed by atoms with Gasteiger partial charge in [-0.1, -0.05) is 13.3 Å². The van der Waals surface area contributed by atoms with Crippen LogP contribution >= 0.6 is 0 Å². The molecule has 3 nitrogen and oxygen atoms in total. The van der Waals surface area contributed by atoms with Gasteiger partial charge in [0.05, 0.1) is 6.61 Å². The Balaban J connectivity index is 2.44. The summed E-state index contributed by atoms with van der Waals surface area (Å²) < 4.78 is 18.5. The third-order valence-corrected chi connectivity index (χ3v) is 2.97. The van der Waals surface area contributed by atoms with E-state index in [1.165, 1.54) is 12.1 Å². The zero-order valence-electron chi connectivity index (χ0n) is 11.8. The van der Waals surface area contributed by atoms with Crippen LogP contribution in [-0.4, -0.2) is 32.8 Å². The lowest BCUT2D eigenvalue weighted by atomic mass is 10.2. The van der Waals surface area contributed by atoms with E-state index in [1.807, 2.05) is 0 Å². The van der Waals surface area contributed by atoms with E-state index in [1.54, 1.807) is 12.1 Å². The average Bonchev–Trinajstić information content (AvgIpc) is 2.43. The standard InChI is InChI=1S/C15H25FN2O/c1-2-3-12-19-13-11-18(10-4-9-17)15-7-5-14(16)6-8-15/h5-8H,2-4,9-13,17H2,1H3. The number of hydrogen-bond donors (Lipinski definition) is 1. The molecule has 19 heavy (non-hydrogen) atoms. The Labute approximate surface area is 115 Å². The zero-order chi connectivity index (χ0) is 13.9. The number of rotatable bonds is 10. The molecule has 0 aliphatic carbocycles. The summed E-state index contributed by atoms with van der Waals surface area (Å²) in [6, 6.07) is 6.58. The highest BCUT2D eigenvalue weighted by Gasteiger charge is 2.06. The highest BCUT2D eigenvalue weighted by Crippen LogP contribution is 2.14. The molecule has 0 fully saturated rings. The van der Waals surface area contributed by atoms with Crippen LogP contribution in [0.2, 0.25) is 0 Å². The summed E-state index contributed by atoms with van der Waals surface area (Å²) in [6.45, 7) is 6.00. The number of unbranched alkanes of at least 4 members (excludes halogenated alkanes) is 1. The third-order valence-electron chi connectivity index (χ3n) is 2.97. The maximum Gasteiger partial charge on any atom is 0.123 e. The molecule has 1 aromatic rings. The van der Waals surface area contributed by atoms with Gasteiger partial charge in [0.1, 0.15) is 5.82 Å². The number of nitrogens with zero attached hydrogens (tertiary/aromatic N) is 1.